The molecule has 3 rings (SSSR count). The van der Waals surface area contributed by atoms with Crippen LogP contribution < -0.4 is 5.32 Å². The average Bonchev–Trinajstić information content (AvgIpc) is 2.98. The first-order valence-corrected chi connectivity index (χ1v) is 9.67. The van der Waals surface area contributed by atoms with Crippen LogP contribution in [0.25, 0.3) is 0 Å². The van der Waals surface area contributed by atoms with Crippen LogP contribution in [0.2, 0.25) is 0 Å². The molecule has 1 amide bonds. The first kappa shape index (κ1) is 17.8. The lowest BCUT2D eigenvalue weighted by atomic mass is 9.99. The number of aromatic nitrogens is 3. The number of nitrogens with zero attached hydrogens (tertiary/aromatic N) is 4. The van der Waals surface area contributed by atoms with Crippen LogP contribution in [-0.4, -0.2) is 32.3 Å². The normalized spacial score (nSPS) is 17.8. The van der Waals surface area contributed by atoms with E-state index in [1.165, 1.54) is 0 Å². The van der Waals surface area contributed by atoms with E-state index >= 15 is 0 Å². The molecule has 1 aliphatic rings. The molecule has 0 saturated carbocycles. The molecule has 6 nitrogen and oxygen atoms in total. The molecule has 2 aromatic heterocycles. The van der Waals surface area contributed by atoms with E-state index in [0.29, 0.717) is 0 Å². The molecule has 1 saturated heterocycles. The number of amides is 1. The van der Waals surface area contributed by atoms with E-state index in [1.54, 1.807) is 11.3 Å². The van der Waals surface area contributed by atoms with Crippen molar-refractivity contribution in [2.24, 2.45) is 5.92 Å². The van der Waals surface area contributed by atoms with Crippen LogP contribution in [0.4, 0.5) is 10.9 Å². The molecule has 1 fully saturated rings. The van der Waals surface area contributed by atoms with E-state index in [9.17, 15) is 4.79 Å². The van der Waals surface area contributed by atoms with Crippen LogP contribution in [0.1, 0.15) is 56.4 Å². The van der Waals surface area contributed by atoms with E-state index in [2.05, 4.69) is 15.3 Å². The van der Waals surface area contributed by atoms with Gasteiger partial charge in [-0.2, -0.15) is 0 Å². The minimum atomic E-state index is -0.0397. The van der Waals surface area contributed by atoms with Crippen molar-refractivity contribution < 1.29 is 4.79 Å². The minimum absolute atomic E-state index is 0.0127. The molecule has 0 bridgehead atoms. The molecule has 0 spiro atoms. The Balaban J connectivity index is 1.88. The van der Waals surface area contributed by atoms with E-state index in [-0.39, 0.29) is 17.9 Å². The van der Waals surface area contributed by atoms with Crippen LogP contribution in [0, 0.1) is 19.8 Å². The lowest BCUT2D eigenvalue weighted by Crippen LogP contribution is -2.41. The zero-order chi connectivity index (χ0) is 18.0. The van der Waals surface area contributed by atoms with Crippen molar-refractivity contribution in [1.82, 2.24) is 19.9 Å². The Bertz CT molecular complexity index is 758. The fourth-order valence-corrected chi connectivity index (χ4v) is 3.82. The topological polar surface area (TPSA) is 71.0 Å². The van der Waals surface area contributed by atoms with Crippen LogP contribution in [0.3, 0.4) is 0 Å². The van der Waals surface area contributed by atoms with Crippen molar-refractivity contribution in [2.45, 2.75) is 53.0 Å². The molecule has 0 radical (unpaired) electrons. The highest BCUT2D eigenvalue weighted by molar-refractivity contribution is 7.13. The molecule has 134 valence electrons. The van der Waals surface area contributed by atoms with Crippen LogP contribution in [0.15, 0.2) is 11.4 Å². The third-order valence-electron chi connectivity index (χ3n) is 4.30. The van der Waals surface area contributed by atoms with Crippen LogP contribution >= 0.6 is 11.3 Å². The quantitative estimate of drug-likeness (QED) is 0.893. The van der Waals surface area contributed by atoms with Gasteiger partial charge in [0.1, 0.15) is 5.82 Å². The minimum Gasteiger partial charge on any atom is -0.332 e. The summed E-state index contributed by atoms with van der Waals surface area (Å²) in [5.74, 6) is 1.63. The van der Waals surface area contributed by atoms with Gasteiger partial charge < -0.3 is 10.2 Å². The standard InChI is InChI=1S/C18H25N5OS/c1-11(2)17(24)23-8-6-5-7-14(23)16-19-12(3)9-15(21-16)22-18-20-13(4)10-25-18/h9-11,14H,5-8H2,1-4H3,(H,19,20,21,22)/t14-/m1/s1. The number of likely N-dealkylation sites (tertiary alicyclic amines) is 1. The largest absolute Gasteiger partial charge is 0.332 e. The lowest BCUT2D eigenvalue weighted by molar-refractivity contribution is -0.138. The van der Waals surface area contributed by atoms with E-state index in [0.717, 1.165) is 54.0 Å². The zero-order valence-corrected chi connectivity index (χ0v) is 16.1. The van der Waals surface area contributed by atoms with Crippen molar-refractivity contribution in [1.29, 1.82) is 0 Å². The molecule has 1 atom stereocenters. The van der Waals surface area contributed by atoms with Gasteiger partial charge in [-0.25, -0.2) is 15.0 Å². The summed E-state index contributed by atoms with van der Waals surface area (Å²) < 4.78 is 0. The SMILES string of the molecule is Cc1cc(Nc2nc(C)cs2)nc([C@H]2CCCCN2C(=O)C(C)C)n1. The zero-order valence-electron chi connectivity index (χ0n) is 15.2. The van der Waals surface area contributed by atoms with Crippen molar-refractivity contribution >= 4 is 28.2 Å². The van der Waals surface area contributed by atoms with E-state index < -0.39 is 0 Å². The number of nitrogens with one attached hydrogen (secondary N) is 1. The van der Waals surface area contributed by atoms with Crippen molar-refractivity contribution in [3.63, 3.8) is 0 Å². The number of anilines is 2. The molecule has 0 unspecified atom stereocenters. The van der Waals surface area contributed by atoms with E-state index in [1.807, 2.05) is 44.0 Å². The number of carbonyl (C=O) groups excluding carboxylic acids is 1. The van der Waals surface area contributed by atoms with Gasteiger partial charge in [0.15, 0.2) is 11.0 Å². The first-order valence-electron chi connectivity index (χ1n) is 8.79. The molecule has 3 heterocycles. The van der Waals surface area contributed by atoms with Gasteiger partial charge in [0.05, 0.1) is 11.7 Å². The number of hydrogen-bond acceptors (Lipinski definition) is 6. The van der Waals surface area contributed by atoms with Gasteiger partial charge in [-0.3, -0.25) is 4.79 Å². The maximum Gasteiger partial charge on any atom is 0.225 e. The molecule has 2 aromatic rings. The highest BCUT2D eigenvalue weighted by atomic mass is 32.1. The second kappa shape index (κ2) is 7.47. The molecular weight excluding hydrogens is 334 g/mol. The molecule has 25 heavy (non-hydrogen) atoms. The third-order valence-corrected chi connectivity index (χ3v) is 5.18. The van der Waals surface area contributed by atoms with Gasteiger partial charge in [-0.15, -0.1) is 11.3 Å². The summed E-state index contributed by atoms with van der Waals surface area (Å²) in [6.07, 6.45) is 3.06. The maximum absolute atomic E-state index is 12.6. The van der Waals surface area contributed by atoms with Crippen molar-refractivity contribution in [2.75, 3.05) is 11.9 Å². The van der Waals surface area contributed by atoms with Crippen molar-refractivity contribution in [3.05, 3.63) is 28.7 Å². The summed E-state index contributed by atoms with van der Waals surface area (Å²) in [6.45, 7) is 8.61. The molecule has 1 aliphatic heterocycles. The van der Waals surface area contributed by atoms with Crippen molar-refractivity contribution in [3.8, 4) is 0 Å². The Kier molecular flexibility index (Phi) is 5.32. The second-order valence-corrected chi connectivity index (χ2v) is 7.73. The summed E-state index contributed by atoms with van der Waals surface area (Å²) in [4.78, 5) is 28.3. The Labute approximate surface area is 152 Å². The lowest BCUT2D eigenvalue weighted by Gasteiger charge is -2.36. The summed E-state index contributed by atoms with van der Waals surface area (Å²) >= 11 is 1.55. The van der Waals surface area contributed by atoms with Crippen LogP contribution in [0.5, 0.6) is 0 Å². The van der Waals surface area contributed by atoms with Gasteiger partial charge in [0, 0.05) is 29.6 Å². The second-order valence-electron chi connectivity index (χ2n) is 6.87. The molecule has 0 aliphatic carbocycles. The number of aryl methyl sites for hydroxylation is 2. The van der Waals surface area contributed by atoms with Crippen LogP contribution in [-0.2, 0) is 4.79 Å². The Morgan fingerprint density at radius 3 is 2.72 bits per heavy atom. The smallest absolute Gasteiger partial charge is 0.225 e. The first-order chi connectivity index (χ1) is 11.9. The monoisotopic (exact) mass is 359 g/mol. The van der Waals surface area contributed by atoms with Gasteiger partial charge in [-0.05, 0) is 33.1 Å². The number of thiazole rings is 1. The number of hydrogen-bond donors (Lipinski definition) is 1. The molecule has 1 N–H and O–H groups in total. The Hall–Kier alpha value is -2.02. The average molecular weight is 359 g/mol. The predicted molar refractivity (Wildman–Crippen MR) is 100 cm³/mol. The summed E-state index contributed by atoms with van der Waals surface area (Å²) in [5.41, 5.74) is 1.88. The number of rotatable bonds is 4. The summed E-state index contributed by atoms with van der Waals surface area (Å²) in [5, 5.41) is 6.09. The molecule has 0 aromatic carbocycles. The number of carbonyl (C=O) groups is 1. The van der Waals surface area contributed by atoms with E-state index in [4.69, 9.17) is 4.98 Å². The molecule has 7 heteroatoms. The van der Waals surface area contributed by atoms with Gasteiger partial charge in [-0.1, -0.05) is 13.8 Å². The summed E-state index contributed by atoms with van der Waals surface area (Å²) in [7, 11) is 0. The highest BCUT2D eigenvalue weighted by Crippen LogP contribution is 2.31. The Morgan fingerprint density at radius 2 is 2.04 bits per heavy atom. The fourth-order valence-electron chi connectivity index (χ4n) is 3.12. The van der Waals surface area contributed by atoms with Gasteiger partial charge in [0.2, 0.25) is 5.91 Å². The number of piperidine rings is 1. The highest BCUT2D eigenvalue weighted by Gasteiger charge is 2.31. The maximum atomic E-state index is 12.6. The van der Waals surface area contributed by atoms with Gasteiger partial charge >= 0.3 is 0 Å². The fraction of sp³-hybridized carbons (Fsp3) is 0.556. The predicted octanol–water partition coefficient (Wildman–Crippen LogP) is 4.00. The Morgan fingerprint density at radius 1 is 1.24 bits per heavy atom. The summed E-state index contributed by atoms with van der Waals surface area (Å²) in [6, 6.07) is 1.87. The third kappa shape index (κ3) is 4.15. The molecular formula is C18H25N5OS. The van der Waals surface area contributed by atoms with Gasteiger partial charge in [0.25, 0.3) is 0 Å².